The maximum absolute atomic E-state index is 12.5. The van der Waals surface area contributed by atoms with E-state index in [1.165, 1.54) is 0 Å². The van der Waals surface area contributed by atoms with E-state index in [1.54, 1.807) is 0 Å². The smallest absolute Gasteiger partial charge is 0.534 e. The lowest BCUT2D eigenvalue weighted by atomic mass is 9.78. The van der Waals surface area contributed by atoms with E-state index in [0.717, 1.165) is 42.5 Å². The highest BCUT2D eigenvalue weighted by Gasteiger charge is 2.42. The molecule has 116 valence electrons. The number of rotatable bonds is 2. The first-order chi connectivity index (χ1) is 10.4. The summed E-state index contributed by atoms with van der Waals surface area (Å²) in [5, 5.41) is 0. The van der Waals surface area contributed by atoms with Gasteiger partial charge in [0, 0.05) is 18.7 Å². The van der Waals surface area contributed by atoms with Crippen LogP contribution in [-0.2, 0) is 9.31 Å². The van der Waals surface area contributed by atoms with Crippen LogP contribution >= 0.6 is 0 Å². The van der Waals surface area contributed by atoms with Gasteiger partial charge in [0.1, 0.15) is 5.60 Å². The molecule has 0 atom stereocenters. The van der Waals surface area contributed by atoms with Gasteiger partial charge in [-0.1, -0.05) is 18.7 Å². The van der Waals surface area contributed by atoms with Crippen molar-refractivity contribution in [2.45, 2.75) is 39.2 Å². The second-order valence-corrected chi connectivity index (χ2v) is 6.57. The van der Waals surface area contributed by atoms with Gasteiger partial charge in [-0.2, -0.15) is 0 Å². The molecule has 2 aliphatic rings. The number of aryl methyl sites for hydroxylation is 1. The monoisotopic (exact) mass is 299 g/mol. The highest BCUT2D eigenvalue weighted by molar-refractivity contribution is 6.62. The molecule has 5 heteroatoms. The van der Waals surface area contributed by atoms with Crippen molar-refractivity contribution in [2.75, 3.05) is 13.1 Å². The topological polar surface area (TPSA) is 38.8 Å². The highest BCUT2D eigenvalue weighted by Crippen LogP contribution is 2.29. The highest BCUT2D eigenvalue weighted by atomic mass is 16.7. The van der Waals surface area contributed by atoms with E-state index in [1.807, 2.05) is 43.9 Å². The summed E-state index contributed by atoms with van der Waals surface area (Å²) >= 11 is 0. The molecule has 0 aliphatic carbocycles. The van der Waals surface area contributed by atoms with Crippen molar-refractivity contribution in [2.24, 2.45) is 0 Å². The number of benzene rings is 1. The molecule has 2 saturated heterocycles. The molecule has 0 saturated carbocycles. The summed E-state index contributed by atoms with van der Waals surface area (Å²) in [5.41, 5.74) is 2.16. The molecule has 2 aliphatic heterocycles. The third kappa shape index (κ3) is 2.65. The largest absolute Gasteiger partial charge is 0.563 e. The fraction of sp³-hybridized carbons (Fsp3) is 0.471. The van der Waals surface area contributed by atoms with Gasteiger partial charge in [-0.05, 0) is 50.7 Å². The van der Waals surface area contributed by atoms with Gasteiger partial charge in [-0.3, -0.25) is 4.79 Å². The Balaban J connectivity index is 1.81. The summed E-state index contributed by atoms with van der Waals surface area (Å²) in [6.45, 7) is 11.5. The molecule has 0 aromatic heterocycles. The van der Waals surface area contributed by atoms with Gasteiger partial charge in [0.15, 0.2) is 0 Å². The van der Waals surface area contributed by atoms with Crippen molar-refractivity contribution in [3.05, 3.63) is 41.7 Å². The van der Waals surface area contributed by atoms with E-state index in [9.17, 15) is 4.79 Å². The Bertz CT molecular complexity index is 620. The summed E-state index contributed by atoms with van der Waals surface area (Å²) in [4.78, 5) is 14.4. The Hall–Kier alpha value is -1.75. The Morgan fingerprint density at radius 1 is 1.32 bits per heavy atom. The van der Waals surface area contributed by atoms with Crippen LogP contribution in [0.3, 0.4) is 0 Å². The molecule has 0 N–H and O–H groups in total. The molecule has 0 unspecified atom stereocenters. The lowest BCUT2D eigenvalue weighted by Gasteiger charge is -2.17. The van der Waals surface area contributed by atoms with Gasteiger partial charge in [0.25, 0.3) is 5.91 Å². The summed E-state index contributed by atoms with van der Waals surface area (Å²) < 4.78 is 11.6. The van der Waals surface area contributed by atoms with E-state index in [4.69, 9.17) is 9.31 Å². The van der Waals surface area contributed by atoms with Crippen molar-refractivity contribution in [1.82, 2.24) is 4.90 Å². The molecular weight excluding hydrogens is 277 g/mol. The predicted molar refractivity (Wildman–Crippen MR) is 87.1 cm³/mol. The number of carbonyl (C=O) groups excluding carboxylic acids is 1. The normalized spacial score (nSPS) is 20.4. The number of nitrogens with zero attached hydrogens (tertiary/aromatic N) is 1. The average Bonchev–Trinajstić information content (AvgIpc) is 3.07. The van der Waals surface area contributed by atoms with Gasteiger partial charge >= 0.3 is 7.12 Å². The third-order valence-electron chi connectivity index (χ3n) is 4.47. The van der Waals surface area contributed by atoms with E-state index in [0.29, 0.717) is 5.76 Å². The van der Waals surface area contributed by atoms with E-state index in [2.05, 4.69) is 6.58 Å². The van der Waals surface area contributed by atoms with Crippen LogP contribution in [0.1, 0.15) is 42.6 Å². The quantitative estimate of drug-likeness (QED) is 0.786. The number of carbonyl (C=O) groups is 1. The van der Waals surface area contributed by atoms with Crippen LogP contribution in [0, 0.1) is 6.92 Å². The second kappa shape index (κ2) is 5.47. The molecule has 0 spiro atoms. The van der Waals surface area contributed by atoms with Gasteiger partial charge in [0.05, 0.1) is 5.76 Å². The molecule has 2 heterocycles. The summed E-state index contributed by atoms with van der Waals surface area (Å²) in [5.74, 6) is 0.756. The molecule has 0 bridgehead atoms. The zero-order valence-corrected chi connectivity index (χ0v) is 13.5. The first kappa shape index (κ1) is 15.2. The zero-order valence-electron chi connectivity index (χ0n) is 13.5. The number of amides is 1. The lowest BCUT2D eigenvalue weighted by Crippen LogP contribution is -2.35. The third-order valence-corrected chi connectivity index (χ3v) is 4.47. The minimum absolute atomic E-state index is 0.125. The fourth-order valence-corrected chi connectivity index (χ4v) is 2.93. The summed E-state index contributed by atoms with van der Waals surface area (Å²) in [7, 11) is -0.447. The predicted octanol–water partition coefficient (Wildman–Crippen LogP) is 2.27. The molecule has 22 heavy (non-hydrogen) atoms. The number of likely N-dealkylation sites (tertiary alicyclic amines) is 1. The second-order valence-electron chi connectivity index (χ2n) is 6.57. The molecule has 1 amide bonds. The van der Waals surface area contributed by atoms with Gasteiger partial charge < -0.3 is 14.2 Å². The van der Waals surface area contributed by atoms with Crippen molar-refractivity contribution in [1.29, 1.82) is 0 Å². The number of hydrogen-bond acceptors (Lipinski definition) is 3. The fourth-order valence-electron chi connectivity index (χ4n) is 2.93. The first-order valence-corrected chi connectivity index (χ1v) is 7.82. The maximum atomic E-state index is 12.5. The minimum Gasteiger partial charge on any atom is -0.534 e. The Morgan fingerprint density at radius 2 is 2.00 bits per heavy atom. The number of hydrogen-bond donors (Lipinski definition) is 0. The van der Waals surface area contributed by atoms with Crippen molar-refractivity contribution >= 4 is 18.5 Å². The lowest BCUT2D eigenvalue weighted by molar-refractivity contribution is 0.0792. The minimum atomic E-state index is -0.484. The molecule has 0 radical (unpaired) electrons. The van der Waals surface area contributed by atoms with Crippen LogP contribution in [-0.4, -0.2) is 36.6 Å². The molecule has 1 aromatic rings. The van der Waals surface area contributed by atoms with Crippen LogP contribution in [0.15, 0.2) is 30.5 Å². The van der Waals surface area contributed by atoms with Crippen LogP contribution in [0.5, 0.6) is 0 Å². The molecular formula is C17H22BNO3. The first-order valence-electron chi connectivity index (χ1n) is 7.82. The molecule has 3 rings (SSSR count). The van der Waals surface area contributed by atoms with Gasteiger partial charge in [0.2, 0.25) is 0 Å². The zero-order chi connectivity index (χ0) is 15.9. The van der Waals surface area contributed by atoms with Crippen LogP contribution in [0.2, 0.25) is 0 Å². The van der Waals surface area contributed by atoms with Crippen LogP contribution in [0.4, 0.5) is 0 Å². The Labute approximate surface area is 132 Å². The summed E-state index contributed by atoms with van der Waals surface area (Å²) in [6.07, 6.45) is 2.20. The summed E-state index contributed by atoms with van der Waals surface area (Å²) in [6, 6.07) is 5.77. The van der Waals surface area contributed by atoms with Crippen LogP contribution < -0.4 is 5.46 Å². The Morgan fingerprint density at radius 3 is 2.55 bits per heavy atom. The molecule has 4 nitrogen and oxygen atoms in total. The Kier molecular flexibility index (Phi) is 3.77. The van der Waals surface area contributed by atoms with E-state index in [-0.39, 0.29) is 5.91 Å². The van der Waals surface area contributed by atoms with Gasteiger partial charge in [-0.15, -0.1) is 0 Å². The van der Waals surface area contributed by atoms with Crippen LogP contribution in [0.25, 0.3) is 0 Å². The standard InChI is InChI=1S/C17H22BNO3/c1-12-11-14(18-21-13(2)17(3,4)22-18)7-8-15(12)16(20)19-9-5-6-10-19/h7-8,11H,2,5-6,9-10H2,1,3-4H3. The maximum Gasteiger partial charge on any atom is 0.563 e. The van der Waals surface area contributed by atoms with Crippen molar-refractivity contribution in [3.8, 4) is 0 Å². The van der Waals surface area contributed by atoms with Crippen molar-refractivity contribution in [3.63, 3.8) is 0 Å². The molecule has 2 fully saturated rings. The average molecular weight is 299 g/mol. The van der Waals surface area contributed by atoms with E-state index >= 15 is 0 Å². The molecule has 1 aromatic carbocycles. The van der Waals surface area contributed by atoms with E-state index < -0.39 is 12.7 Å². The van der Waals surface area contributed by atoms with Crippen molar-refractivity contribution < 1.29 is 14.1 Å². The SMILES string of the molecule is C=C1OB(c2ccc(C(=O)N3CCCC3)c(C)c2)OC1(C)C. The van der Waals surface area contributed by atoms with Gasteiger partial charge in [-0.25, -0.2) is 0 Å².